The van der Waals surface area contributed by atoms with Crippen molar-refractivity contribution in [2.45, 2.75) is 98.3 Å². The van der Waals surface area contributed by atoms with E-state index >= 15 is 0 Å². The zero-order valence-corrected chi connectivity index (χ0v) is 30.0. The molecular weight excluding hydrogens is 573 g/mol. The number of para-hydroxylation sites is 2. The third kappa shape index (κ3) is 9.91. The molecule has 0 bridgehead atoms. The van der Waals surface area contributed by atoms with Gasteiger partial charge in [-0.3, -0.25) is 9.98 Å². The fourth-order valence-electron chi connectivity index (χ4n) is 6.01. The number of anilines is 2. The minimum Gasteiger partial charge on any atom is -0.340 e. The van der Waals surface area contributed by atoms with Crippen molar-refractivity contribution in [2.24, 2.45) is 9.98 Å². The second kappa shape index (κ2) is 17.7. The smallest absolute Gasteiger partial charge is 0.132 e. The molecule has 248 valence electrons. The van der Waals surface area contributed by atoms with Gasteiger partial charge in [0.1, 0.15) is 11.7 Å². The third-order valence-electron chi connectivity index (χ3n) is 8.68. The number of unbranched alkanes of at least 4 members (excludes halogenated alkanes) is 2. The van der Waals surface area contributed by atoms with Gasteiger partial charge in [0.25, 0.3) is 0 Å². The van der Waals surface area contributed by atoms with Gasteiger partial charge in [-0.25, -0.2) is 0 Å². The lowest BCUT2D eigenvalue weighted by molar-refractivity contribution is 0.696. The normalized spacial score (nSPS) is 12.4. The van der Waals surface area contributed by atoms with Crippen LogP contribution in [-0.4, -0.2) is 24.8 Å². The van der Waals surface area contributed by atoms with Crippen LogP contribution in [0.2, 0.25) is 0 Å². The maximum atomic E-state index is 5.14. The number of nitrogens with one attached hydrogen (secondary N) is 2. The van der Waals surface area contributed by atoms with Gasteiger partial charge < -0.3 is 10.6 Å². The first kappa shape index (κ1) is 35.7. The van der Waals surface area contributed by atoms with Crippen LogP contribution in [0.1, 0.15) is 132 Å². The highest BCUT2D eigenvalue weighted by molar-refractivity contribution is 6.09. The fourth-order valence-corrected chi connectivity index (χ4v) is 6.01. The Morgan fingerprint density at radius 1 is 0.426 bits per heavy atom. The summed E-state index contributed by atoms with van der Waals surface area (Å²) in [6.45, 7) is 19.6. The molecule has 0 spiro atoms. The quantitative estimate of drug-likeness (QED) is 0.0829. The fraction of sp³-hybridized carbons (Fsp3) is 0.395. The molecule has 0 unspecified atom stereocenters. The van der Waals surface area contributed by atoms with Crippen LogP contribution in [0.3, 0.4) is 0 Å². The average Bonchev–Trinajstić information content (AvgIpc) is 3.07. The Balaban J connectivity index is 1.48. The number of hydrogen-bond donors (Lipinski definition) is 2. The Bertz CT molecular complexity index is 1420. The van der Waals surface area contributed by atoms with Crippen molar-refractivity contribution < 1.29 is 0 Å². The molecule has 0 saturated heterocycles. The second-order valence-electron chi connectivity index (χ2n) is 13.7. The second-order valence-corrected chi connectivity index (χ2v) is 13.7. The van der Waals surface area contributed by atoms with Gasteiger partial charge in [0, 0.05) is 35.6 Å². The molecule has 0 aliphatic carbocycles. The molecule has 4 heteroatoms. The molecule has 0 fully saturated rings. The number of amidine groups is 2. The lowest BCUT2D eigenvalue weighted by Crippen LogP contribution is -2.18. The minimum atomic E-state index is 0.417. The van der Waals surface area contributed by atoms with Gasteiger partial charge >= 0.3 is 0 Å². The Hall–Kier alpha value is -4.18. The highest BCUT2D eigenvalue weighted by Crippen LogP contribution is 2.34. The van der Waals surface area contributed by atoms with Gasteiger partial charge in [0.2, 0.25) is 0 Å². The summed E-state index contributed by atoms with van der Waals surface area (Å²) < 4.78 is 0. The molecule has 0 heterocycles. The molecule has 4 aromatic rings. The largest absolute Gasteiger partial charge is 0.340 e. The summed E-state index contributed by atoms with van der Waals surface area (Å²) in [6, 6.07) is 34.4. The number of rotatable bonds is 14. The molecule has 0 aliphatic rings. The molecule has 0 radical (unpaired) electrons. The van der Waals surface area contributed by atoms with E-state index in [1.165, 1.54) is 33.6 Å². The van der Waals surface area contributed by atoms with Crippen molar-refractivity contribution in [1.82, 2.24) is 0 Å². The van der Waals surface area contributed by atoms with Crippen LogP contribution in [0.4, 0.5) is 11.4 Å². The highest BCUT2D eigenvalue weighted by atomic mass is 15.0. The van der Waals surface area contributed by atoms with Gasteiger partial charge in [-0.05, 0) is 65.2 Å². The van der Waals surface area contributed by atoms with Crippen molar-refractivity contribution in [2.75, 3.05) is 23.7 Å². The predicted octanol–water partition coefficient (Wildman–Crippen LogP) is 11.8. The summed E-state index contributed by atoms with van der Waals surface area (Å²) >= 11 is 0. The Labute approximate surface area is 284 Å². The standard InChI is InChI=1S/C43H56N4/c1-30(2)36-24-18-25-37(31(3)4)40(36)46-42(34-20-12-9-13-21-34)44-28-16-11-17-29-45-43(35-22-14-10-15-23-35)47-41-38(32(5)6)26-19-27-39(41)33(7)8/h9-10,12-15,18-27,30-33H,11,16-17,28-29H2,1-8H3,(H,44,46)(H,45,47). The molecule has 4 nitrogen and oxygen atoms in total. The van der Waals surface area contributed by atoms with Crippen molar-refractivity contribution in [3.63, 3.8) is 0 Å². The van der Waals surface area contributed by atoms with Crippen LogP contribution in [0.25, 0.3) is 0 Å². The van der Waals surface area contributed by atoms with Crippen LogP contribution in [0.5, 0.6) is 0 Å². The van der Waals surface area contributed by atoms with Crippen LogP contribution in [0.15, 0.2) is 107 Å². The van der Waals surface area contributed by atoms with E-state index in [0.29, 0.717) is 23.7 Å². The predicted molar refractivity (Wildman–Crippen MR) is 206 cm³/mol. The molecule has 4 rings (SSSR count). The van der Waals surface area contributed by atoms with E-state index in [9.17, 15) is 0 Å². The van der Waals surface area contributed by atoms with Gasteiger partial charge in [-0.2, -0.15) is 0 Å². The summed E-state index contributed by atoms with van der Waals surface area (Å²) in [5.41, 5.74) is 9.96. The van der Waals surface area contributed by atoms with Gasteiger partial charge in [-0.1, -0.05) is 152 Å². The van der Waals surface area contributed by atoms with E-state index < -0.39 is 0 Å². The van der Waals surface area contributed by atoms with E-state index in [2.05, 4.69) is 163 Å². The van der Waals surface area contributed by atoms with E-state index in [1.807, 2.05) is 0 Å². The topological polar surface area (TPSA) is 48.8 Å². The molecular formula is C43H56N4. The number of aliphatic imine (C=N–C) groups is 2. The summed E-state index contributed by atoms with van der Waals surface area (Å²) in [4.78, 5) is 10.3. The minimum absolute atomic E-state index is 0.417. The lowest BCUT2D eigenvalue weighted by Gasteiger charge is -2.22. The SMILES string of the molecule is CC(C)c1cccc(C(C)C)c1NC(=NCCCCCN=C(Nc1c(C(C)C)cccc1C(C)C)c1ccccc1)c1ccccc1. The maximum absolute atomic E-state index is 5.14. The van der Waals surface area contributed by atoms with Crippen molar-refractivity contribution in [3.8, 4) is 0 Å². The van der Waals surface area contributed by atoms with E-state index in [1.54, 1.807) is 0 Å². The monoisotopic (exact) mass is 628 g/mol. The zero-order chi connectivity index (χ0) is 33.8. The summed E-state index contributed by atoms with van der Waals surface area (Å²) in [5.74, 6) is 3.55. The number of hydrogen-bond acceptors (Lipinski definition) is 2. The Morgan fingerprint density at radius 3 is 1.04 bits per heavy atom. The van der Waals surface area contributed by atoms with E-state index in [4.69, 9.17) is 9.98 Å². The first-order chi connectivity index (χ1) is 22.7. The number of nitrogens with zero attached hydrogens (tertiary/aromatic N) is 2. The van der Waals surface area contributed by atoms with Gasteiger partial charge in [0.15, 0.2) is 0 Å². The van der Waals surface area contributed by atoms with E-state index in [0.717, 1.165) is 55.2 Å². The Morgan fingerprint density at radius 2 is 0.745 bits per heavy atom. The van der Waals surface area contributed by atoms with Crippen LogP contribution >= 0.6 is 0 Å². The summed E-state index contributed by atoms with van der Waals surface area (Å²) in [5, 5.41) is 7.60. The third-order valence-corrected chi connectivity index (χ3v) is 8.68. The zero-order valence-electron chi connectivity index (χ0n) is 30.0. The molecule has 4 aromatic carbocycles. The number of benzene rings is 4. The molecule has 47 heavy (non-hydrogen) atoms. The molecule has 2 N–H and O–H groups in total. The van der Waals surface area contributed by atoms with Crippen LogP contribution in [-0.2, 0) is 0 Å². The van der Waals surface area contributed by atoms with Gasteiger partial charge in [-0.15, -0.1) is 0 Å². The maximum Gasteiger partial charge on any atom is 0.132 e. The molecule has 0 amide bonds. The van der Waals surface area contributed by atoms with Crippen molar-refractivity contribution in [1.29, 1.82) is 0 Å². The molecule has 0 saturated carbocycles. The molecule has 0 aliphatic heterocycles. The van der Waals surface area contributed by atoms with Crippen LogP contribution < -0.4 is 10.6 Å². The highest BCUT2D eigenvalue weighted by Gasteiger charge is 2.17. The van der Waals surface area contributed by atoms with Crippen molar-refractivity contribution in [3.05, 3.63) is 130 Å². The molecule has 0 aromatic heterocycles. The van der Waals surface area contributed by atoms with Gasteiger partial charge in [0.05, 0.1) is 0 Å². The molecule has 0 atom stereocenters. The van der Waals surface area contributed by atoms with Crippen LogP contribution in [0, 0.1) is 0 Å². The van der Waals surface area contributed by atoms with Crippen molar-refractivity contribution >= 4 is 23.0 Å². The average molecular weight is 629 g/mol. The van der Waals surface area contributed by atoms with E-state index in [-0.39, 0.29) is 0 Å². The Kier molecular flexibility index (Phi) is 13.4. The summed E-state index contributed by atoms with van der Waals surface area (Å²) in [6.07, 6.45) is 3.09. The lowest BCUT2D eigenvalue weighted by atomic mass is 9.92. The first-order valence-electron chi connectivity index (χ1n) is 17.7. The first-order valence-corrected chi connectivity index (χ1v) is 17.7. The summed E-state index contributed by atoms with van der Waals surface area (Å²) in [7, 11) is 0.